The van der Waals surface area contributed by atoms with Crippen molar-refractivity contribution in [2.24, 2.45) is 0 Å². The fraction of sp³-hybridized carbons (Fsp3) is 0.385. The number of hydrogen-bond acceptors (Lipinski definition) is 6. The Morgan fingerprint density at radius 2 is 2.10 bits per heavy atom. The number of thioether (sulfide) groups is 1. The molecule has 5 nitrogen and oxygen atoms in total. The van der Waals surface area contributed by atoms with E-state index in [4.69, 9.17) is 9.47 Å². The molecular weight excluding hydrogens is 296 g/mol. The molecular formula is C13H14N2O3S2. The molecule has 0 saturated heterocycles. The highest BCUT2D eigenvalue weighted by Gasteiger charge is 2.25. The average molecular weight is 310 g/mol. The second-order valence-corrected chi connectivity index (χ2v) is 6.09. The second-order valence-electron chi connectivity index (χ2n) is 4.46. The van der Waals surface area contributed by atoms with Crippen molar-refractivity contribution in [3.8, 4) is 11.5 Å². The summed E-state index contributed by atoms with van der Waals surface area (Å²) in [7, 11) is 3.12. The number of methoxy groups -OCH3 is 2. The molecule has 0 saturated carbocycles. The predicted octanol–water partition coefficient (Wildman–Crippen LogP) is 1.82. The van der Waals surface area contributed by atoms with Gasteiger partial charge in [-0.1, -0.05) is 11.8 Å². The van der Waals surface area contributed by atoms with Gasteiger partial charge in [0.15, 0.2) is 16.7 Å². The normalized spacial score (nSPS) is 17.2. The molecule has 1 aromatic heterocycles. The molecule has 0 bridgehead atoms. The Labute approximate surface area is 125 Å². The molecule has 0 aliphatic carbocycles. The number of fused-ring (bicyclic) bond motifs is 2. The third-order valence-electron chi connectivity index (χ3n) is 3.29. The molecule has 0 unspecified atom stereocenters. The van der Waals surface area contributed by atoms with Crippen LogP contribution in [-0.2, 0) is 6.54 Å². The standard InChI is InChI=1S/C13H14N2O3S2/c1-17-10-3-8-9(4-11(10)18-2)14-13-15(12(8)16)5-7(6-19)20-13/h3-4,7,19H,5-6H2,1-2H3/t7-/m1/s1. The first-order chi connectivity index (χ1) is 9.67. The Balaban J connectivity index is 2.25. The molecule has 20 heavy (non-hydrogen) atoms. The molecule has 1 atom stereocenters. The molecule has 106 valence electrons. The van der Waals surface area contributed by atoms with E-state index < -0.39 is 0 Å². The molecule has 0 amide bonds. The highest BCUT2D eigenvalue weighted by molar-refractivity contribution is 8.00. The number of benzene rings is 1. The van der Waals surface area contributed by atoms with Gasteiger partial charge < -0.3 is 9.47 Å². The zero-order chi connectivity index (χ0) is 14.3. The fourth-order valence-electron chi connectivity index (χ4n) is 2.26. The van der Waals surface area contributed by atoms with E-state index in [1.807, 2.05) is 0 Å². The number of ether oxygens (including phenoxy) is 2. The number of thiol groups is 1. The monoisotopic (exact) mass is 310 g/mol. The highest BCUT2D eigenvalue weighted by atomic mass is 32.2. The molecule has 0 radical (unpaired) electrons. The molecule has 2 aromatic rings. The number of aromatic nitrogens is 2. The van der Waals surface area contributed by atoms with Crippen molar-refractivity contribution in [3.63, 3.8) is 0 Å². The molecule has 0 spiro atoms. The van der Waals surface area contributed by atoms with Crippen LogP contribution in [0.3, 0.4) is 0 Å². The maximum Gasteiger partial charge on any atom is 0.262 e. The number of hydrogen-bond donors (Lipinski definition) is 1. The van der Waals surface area contributed by atoms with Gasteiger partial charge in [0.05, 0.1) is 25.1 Å². The lowest BCUT2D eigenvalue weighted by Gasteiger charge is -2.10. The molecule has 1 aliphatic heterocycles. The van der Waals surface area contributed by atoms with Gasteiger partial charge in [-0.05, 0) is 6.07 Å². The molecule has 7 heteroatoms. The van der Waals surface area contributed by atoms with E-state index in [1.54, 1.807) is 42.7 Å². The van der Waals surface area contributed by atoms with Crippen LogP contribution in [0.25, 0.3) is 10.9 Å². The van der Waals surface area contributed by atoms with Crippen LogP contribution in [0.1, 0.15) is 0 Å². The minimum absolute atomic E-state index is 0.0391. The first kappa shape index (κ1) is 13.6. The van der Waals surface area contributed by atoms with E-state index in [2.05, 4.69) is 17.6 Å². The maximum atomic E-state index is 12.5. The lowest BCUT2D eigenvalue weighted by atomic mass is 10.2. The molecule has 3 rings (SSSR count). The molecule has 1 aromatic carbocycles. The van der Waals surface area contributed by atoms with Gasteiger partial charge in [0, 0.05) is 23.6 Å². The van der Waals surface area contributed by atoms with Crippen molar-refractivity contribution in [1.82, 2.24) is 9.55 Å². The van der Waals surface area contributed by atoms with Crippen molar-refractivity contribution in [2.75, 3.05) is 20.0 Å². The van der Waals surface area contributed by atoms with E-state index in [1.165, 1.54) is 0 Å². The molecule has 1 aliphatic rings. The van der Waals surface area contributed by atoms with Crippen LogP contribution >= 0.6 is 24.4 Å². The van der Waals surface area contributed by atoms with Crippen molar-refractivity contribution in [1.29, 1.82) is 0 Å². The van der Waals surface area contributed by atoms with E-state index in [0.29, 0.717) is 34.2 Å². The van der Waals surface area contributed by atoms with Crippen LogP contribution in [0.2, 0.25) is 0 Å². The Kier molecular flexibility index (Phi) is 3.55. The van der Waals surface area contributed by atoms with Gasteiger partial charge in [0.1, 0.15) is 0 Å². The van der Waals surface area contributed by atoms with Crippen LogP contribution in [-0.4, -0.2) is 34.8 Å². The van der Waals surface area contributed by atoms with Crippen molar-refractivity contribution < 1.29 is 9.47 Å². The summed E-state index contributed by atoms with van der Waals surface area (Å²) in [4.78, 5) is 17.1. The van der Waals surface area contributed by atoms with Crippen LogP contribution < -0.4 is 15.0 Å². The van der Waals surface area contributed by atoms with E-state index in [9.17, 15) is 4.79 Å². The van der Waals surface area contributed by atoms with Gasteiger partial charge in [0.25, 0.3) is 5.56 Å². The lowest BCUT2D eigenvalue weighted by Crippen LogP contribution is -2.22. The maximum absolute atomic E-state index is 12.5. The Morgan fingerprint density at radius 3 is 2.75 bits per heavy atom. The quantitative estimate of drug-likeness (QED) is 0.692. The first-order valence-electron chi connectivity index (χ1n) is 6.12. The molecule has 2 heterocycles. The van der Waals surface area contributed by atoms with Gasteiger partial charge in [0.2, 0.25) is 0 Å². The van der Waals surface area contributed by atoms with Gasteiger partial charge in [-0.25, -0.2) is 4.98 Å². The van der Waals surface area contributed by atoms with Gasteiger partial charge in [-0.15, -0.1) is 0 Å². The summed E-state index contributed by atoms with van der Waals surface area (Å²) < 4.78 is 12.2. The van der Waals surface area contributed by atoms with Gasteiger partial charge in [-0.2, -0.15) is 12.6 Å². The van der Waals surface area contributed by atoms with Gasteiger partial charge in [-0.3, -0.25) is 9.36 Å². The summed E-state index contributed by atoms with van der Waals surface area (Å²) in [5.74, 6) is 1.83. The summed E-state index contributed by atoms with van der Waals surface area (Å²) in [6.45, 7) is 0.652. The van der Waals surface area contributed by atoms with Crippen molar-refractivity contribution >= 4 is 35.3 Å². The summed E-state index contributed by atoms with van der Waals surface area (Å²) >= 11 is 5.89. The van der Waals surface area contributed by atoms with Crippen molar-refractivity contribution in [3.05, 3.63) is 22.5 Å². The first-order valence-corrected chi connectivity index (χ1v) is 7.63. The largest absolute Gasteiger partial charge is 0.493 e. The average Bonchev–Trinajstić information content (AvgIpc) is 2.89. The van der Waals surface area contributed by atoms with Crippen LogP contribution in [0.15, 0.2) is 22.1 Å². The third kappa shape index (κ3) is 2.05. The number of nitrogens with zero attached hydrogens (tertiary/aromatic N) is 2. The summed E-state index contributed by atoms with van der Waals surface area (Å²) in [6.07, 6.45) is 0. The Hall–Kier alpha value is -1.34. The predicted molar refractivity (Wildman–Crippen MR) is 82.6 cm³/mol. The molecule has 0 N–H and O–H groups in total. The fourth-order valence-corrected chi connectivity index (χ4v) is 3.63. The molecule has 0 fully saturated rings. The summed E-state index contributed by atoms with van der Waals surface area (Å²) in [5.41, 5.74) is 0.592. The topological polar surface area (TPSA) is 53.4 Å². The van der Waals surface area contributed by atoms with E-state index in [0.717, 1.165) is 10.9 Å². The summed E-state index contributed by atoms with van der Waals surface area (Å²) in [6, 6.07) is 3.43. The minimum atomic E-state index is -0.0391. The van der Waals surface area contributed by atoms with E-state index in [-0.39, 0.29) is 5.56 Å². The minimum Gasteiger partial charge on any atom is -0.493 e. The SMILES string of the molecule is COc1cc2nc3n(c(=O)c2cc1OC)C[C@H](CS)S3. The second kappa shape index (κ2) is 5.21. The van der Waals surface area contributed by atoms with Gasteiger partial charge >= 0.3 is 0 Å². The van der Waals surface area contributed by atoms with Crippen LogP contribution in [0.5, 0.6) is 11.5 Å². The smallest absolute Gasteiger partial charge is 0.262 e. The van der Waals surface area contributed by atoms with E-state index >= 15 is 0 Å². The lowest BCUT2D eigenvalue weighted by molar-refractivity contribution is 0.355. The summed E-state index contributed by atoms with van der Waals surface area (Å²) in [5, 5.41) is 1.58. The van der Waals surface area contributed by atoms with Crippen molar-refractivity contribution in [2.45, 2.75) is 17.0 Å². The zero-order valence-corrected chi connectivity index (χ0v) is 12.8. The number of rotatable bonds is 3. The Morgan fingerprint density at radius 1 is 1.40 bits per heavy atom. The zero-order valence-electron chi connectivity index (χ0n) is 11.1. The van der Waals surface area contributed by atoms with Crippen LogP contribution in [0.4, 0.5) is 0 Å². The highest BCUT2D eigenvalue weighted by Crippen LogP contribution is 2.34. The Bertz CT molecular complexity index is 730. The van der Waals surface area contributed by atoms with Crippen LogP contribution in [0, 0.1) is 0 Å². The third-order valence-corrected chi connectivity index (χ3v) is 5.15.